The SMILES string of the molecule is CC(C)Cn1nc(C(=O)Nc2ccccn2)ccc1=O. The molecule has 0 fully saturated rings. The van der Waals surface area contributed by atoms with Crippen LogP contribution >= 0.6 is 0 Å². The highest BCUT2D eigenvalue weighted by Crippen LogP contribution is 2.03. The number of rotatable bonds is 4. The van der Waals surface area contributed by atoms with Crippen molar-refractivity contribution in [2.24, 2.45) is 5.92 Å². The van der Waals surface area contributed by atoms with E-state index in [-0.39, 0.29) is 23.1 Å². The number of carbonyl (C=O) groups is 1. The molecule has 0 saturated heterocycles. The first-order valence-corrected chi connectivity index (χ1v) is 6.37. The quantitative estimate of drug-likeness (QED) is 0.916. The van der Waals surface area contributed by atoms with Crippen molar-refractivity contribution >= 4 is 11.7 Å². The van der Waals surface area contributed by atoms with Gasteiger partial charge in [0.25, 0.3) is 11.5 Å². The maximum Gasteiger partial charge on any atom is 0.277 e. The van der Waals surface area contributed by atoms with Gasteiger partial charge in [0.05, 0.1) is 0 Å². The van der Waals surface area contributed by atoms with Crippen LogP contribution in [0.5, 0.6) is 0 Å². The van der Waals surface area contributed by atoms with Gasteiger partial charge in [0.1, 0.15) is 11.5 Å². The summed E-state index contributed by atoms with van der Waals surface area (Å²) in [5.41, 5.74) is -0.0241. The lowest BCUT2D eigenvalue weighted by atomic mass is 10.2. The molecule has 1 amide bonds. The second-order valence-electron chi connectivity index (χ2n) is 4.80. The highest BCUT2D eigenvalue weighted by atomic mass is 16.2. The molecule has 2 aromatic heterocycles. The Morgan fingerprint density at radius 1 is 1.30 bits per heavy atom. The van der Waals surface area contributed by atoms with Crippen LogP contribution in [0.15, 0.2) is 41.3 Å². The molecule has 0 saturated carbocycles. The van der Waals surface area contributed by atoms with Crippen LogP contribution in [0.3, 0.4) is 0 Å². The topological polar surface area (TPSA) is 76.9 Å². The molecule has 20 heavy (non-hydrogen) atoms. The molecule has 2 aromatic rings. The molecule has 0 bridgehead atoms. The first-order valence-electron chi connectivity index (χ1n) is 6.37. The van der Waals surface area contributed by atoms with E-state index in [0.717, 1.165) is 0 Å². The highest BCUT2D eigenvalue weighted by molar-refractivity contribution is 6.02. The average molecular weight is 272 g/mol. The van der Waals surface area contributed by atoms with Crippen LogP contribution in [-0.4, -0.2) is 20.7 Å². The Morgan fingerprint density at radius 3 is 2.75 bits per heavy atom. The molecule has 0 atom stereocenters. The minimum absolute atomic E-state index is 0.191. The summed E-state index contributed by atoms with van der Waals surface area (Å²) in [5.74, 6) is 0.330. The summed E-state index contributed by atoms with van der Waals surface area (Å²) in [6.45, 7) is 4.44. The smallest absolute Gasteiger partial charge is 0.277 e. The van der Waals surface area contributed by atoms with Crippen LogP contribution in [0.2, 0.25) is 0 Å². The Bertz CT molecular complexity index is 650. The van der Waals surface area contributed by atoms with Crippen molar-refractivity contribution in [2.75, 3.05) is 5.32 Å². The summed E-state index contributed by atoms with van der Waals surface area (Å²) in [6, 6.07) is 7.98. The average Bonchev–Trinajstić information content (AvgIpc) is 2.42. The second kappa shape index (κ2) is 6.10. The van der Waals surface area contributed by atoms with Crippen LogP contribution < -0.4 is 10.9 Å². The van der Waals surface area contributed by atoms with Gasteiger partial charge in [-0.1, -0.05) is 19.9 Å². The van der Waals surface area contributed by atoms with Crippen molar-refractivity contribution in [1.82, 2.24) is 14.8 Å². The van der Waals surface area contributed by atoms with Crippen LogP contribution in [0.25, 0.3) is 0 Å². The highest BCUT2D eigenvalue weighted by Gasteiger charge is 2.11. The molecule has 0 aliphatic carbocycles. The summed E-state index contributed by atoms with van der Waals surface area (Å²) < 4.78 is 1.30. The van der Waals surface area contributed by atoms with Crippen LogP contribution in [-0.2, 0) is 6.54 Å². The van der Waals surface area contributed by atoms with Crippen molar-refractivity contribution in [3.63, 3.8) is 0 Å². The van der Waals surface area contributed by atoms with Gasteiger partial charge in [-0.15, -0.1) is 0 Å². The zero-order valence-corrected chi connectivity index (χ0v) is 11.4. The van der Waals surface area contributed by atoms with E-state index in [2.05, 4.69) is 15.4 Å². The van der Waals surface area contributed by atoms with Gasteiger partial charge in [-0.05, 0) is 24.1 Å². The maximum absolute atomic E-state index is 12.0. The van der Waals surface area contributed by atoms with Crippen LogP contribution in [0, 0.1) is 5.92 Å². The fourth-order valence-electron chi connectivity index (χ4n) is 1.66. The third-order valence-corrected chi connectivity index (χ3v) is 2.54. The minimum atomic E-state index is -0.388. The summed E-state index contributed by atoms with van der Waals surface area (Å²) in [7, 11) is 0. The first kappa shape index (κ1) is 13.9. The fourth-order valence-corrected chi connectivity index (χ4v) is 1.66. The molecule has 0 aliphatic rings. The number of aromatic nitrogens is 3. The van der Waals surface area contributed by atoms with E-state index >= 15 is 0 Å². The lowest BCUT2D eigenvalue weighted by Gasteiger charge is -2.09. The molecular formula is C14H16N4O2. The Hall–Kier alpha value is -2.50. The van der Waals surface area contributed by atoms with Gasteiger partial charge < -0.3 is 5.32 Å². The van der Waals surface area contributed by atoms with Gasteiger partial charge in [-0.25, -0.2) is 9.67 Å². The number of pyridine rings is 1. The van der Waals surface area contributed by atoms with E-state index in [1.807, 2.05) is 13.8 Å². The summed E-state index contributed by atoms with van der Waals surface area (Å²) >= 11 is 0. The number of amides is 1. The molecule has 0 aromatic carbocycles. The number of hydrogen-bond donors (Lipinski definition) is 1. The van der Waals surface area contributed by atoms with Gasteiger partial charge >= 0.3 is 0 Å². The lowest BCUT2D eigenvalue weighted by Crippen LogP contribution is -2.27. The summed E-state index contributed by atoms with van der Waals surface area (Å²) in [6.07, 6.45) is 1.59. The molecule has 1 N–H and O–H groups in total. The molecule has 0 spiro atoms. The fraction of sp³-hybridized carbons (Fsp3) is 0.286. The van der Waals surface area contributed by atoms with Crippen molar-refractivity contribution in [3.8, 4) is 0 Å². The van der Waals surface area contributed by atoms with Crippen molar-refractivity contribution < 1.29 is 4.79 Å². The van der Waals surface area contributed by atoms with Crippen LogP contribution in [0.1, 0.15) is 24.3 Å². The first-order chi connectivity index (χ1) is 9.56. The second-order valence-corrected chi connectivity index (χ2v) is 4.80. The zero-order chi connectivity index (χ0) is 14.5. The predicted octanol–water partition coefficient (Wildman–Crippen LogP) is 1.55. The Labute approximate surface area is 116 Å². The molecule has 6 heteroatoms. The van der Waals surface area contributed by atoms with E-state index in [1.165, 1.54) is 16.8 Å². The van der Waals surface area contributed by atoms with Gasteiger partial charge in [0, 0.05) is 18.8 Å². The van der Waals surface area contributed by atoms with E-state index in [1.54, 1.807) is 24.4 Å². The molecule has 0 unspecified atom stereocenters. The van der Waals surface area contributed by atoms with E-state index in [0.29, 0.717) is 12.4 Å². The number of carbonyl (C=O) groups excluding carboxylic acids is 1. The van der Waals surface area contributed by atoms with Crippen molar-refractivity contribution in [3.05, 3.63) is 52.6 Å². The van der Waals surface area contributed by atoms with Gasteiger partial charge in [0.15, 0.2) is 0 Å². The Morgan fingerprint density at radius 2 is 2.10 bits per heavy atom. The normalized spacial score (nSPS) is 10.6. The van der Waals surface area contributed by atoms with Gasteiger partial charge in [-0.2, -0.15) is 5.10 Å². The predicted molar refractivity (Wildman–Crippen MR) is 75.5 cm³/mol. The van der Waals surface area contributed by atoms with E-state index in [4.69, 9.17) is 0 Å². The molecule has 2 rings (SSSR count). The largest absolute Gasteiger partial charge is 0.305 e. The summed E-state index contributed by atoms with van der Waals surface area (Å²) in [5, 5.41) is 6.70. The van der Waals surface area contributed by atoms with Gasteiger partial charge in [-0.3, -0.25) is 9.59 Å². The number of anilines is 1. The van der Waals surface area contributed by atoms with E-state index < -0.39 is 0 Å². The van der Waals surface area contributed by atoms with E-state index in [9.17, 15) is 9.59 Å². The molecular weight excluding hydrogens is 256 g/mol. The molecule has 104 valence electrons. The number of hydrogen-bond acceptors (Lipinski definition) is 4. The lowest BCUT2D eigenvalue weighted by molar-refractivity contribution is 0.101. The van der Waals surface area contributed by atoms with Gasteiger partial charge in [0.2, 0.25) is 0 Å². The van der Waals surface area contributed by atoms with Crippen molar-refractivity contribution in [2.45, 2.75) is 20.4 Å². The molecule has 0 aliphatic heterocycles. The minimum Gasteiger partial charge on any atom is -0.305 e. The third kappa shape index (κ3) is 3.50. The maximum atomic E-state index is 12.0. The Kier molecular flexibility index (Phi) is 4.24. The summed E-state index contributed by atoms with van der Waals surface area (Å²) in [4.78, 5) is 27.7. The number of nitrogens with zero attached hydrogens (tertiary/aromatic N) is 3. The third-order valence-electron chi connectivity index (χ3n) is 2.54. The molecule has 2 heterocycles. The Balaban J connectivity index is 2.20. The monoisotopic (exact) mass is 272 g/mol. The van der Waals surface area contributed by atoms with Crippen molar-refractivity contribution in [1.29, 1.82) is 0 Å². The van der Waals surface area contributed by atoms with Crippen LogP contribution in [0.4, 0.5) is 5.82 Å². The zero-order valence-electron chi connectivity index (χ0n) is 11.4. The number of nitrogens with one attached hydrogen (secondary N) is 1. The molecule has 6 nitrogen and oxygen atoms in total. The standard InChI is InChI=1S/C14H16N4O2/c1-10(2)9-18-13(19)7-6-11(17-18)14(20)16-12-5-3-4-8-15-12/h3-8,10H,9H2,1-2H3,(H,15,16,20). The molecule has 0 radical (unpaired) electrons.